The van der Waals surface area contributed by atoms with Crippen molar-refractivity contribution in [2.24, 2.45) is 7.05 Å². The van der Waals surface area contributed by atoms with E-state index in [1.807, 2.05) is 13.1 Å². The summed E-state index contributed by atoms with van der Waals surface area (Å²) in [4.78, 5) is 0. The SMILES string of the molecule is CSCc1cc2ccc(F)cc2n1C. The number of halogens is 1. The summed E-state index contributed by atoms with van der Waals surface area (Å²) in [5.41, 5.74) is 2.20. The summed E-state index contributed by atoms with van der Waals surface area (Å²) in [7, 11) is 1.98. The lowest BCUT2D eigenvalue weighted by Gasteiger charge is -2.01. The van der Waals surface area contributed by atoms with Crippen molar-refractivity contribution in [3.63, 3.8) is 0 Å². The van der Waals surface area contributed by atoms with E-state index in [0.29, 0.717) is 0 Å². The molecule has 2 rings (SSSR count). The van der Waals surface area contributed by atoms with Crippen LogP contribution in [0.3, 0.4) is 0 Å². The number of fused-ring (bicyclic) bond motifs is 1. The van der Waals surface area contributed by atoms with E-state index in [1.165, 1.54) is 11.8 Å². The molecule has 2 aromatic rings. The Kier molecular flexibility index (Phi) is 2.50. The maximum atomic E-state index is 13.0. The van der Waals surface area contributed by atoms with Crippen molar-refractivity contribution in [1.29, 1.82) is 0 Å². The van der Waals surface area contributed by atoms with Crippen molar-refractivity contribution in [3.8, 4) is 0 Å². The third kappa shape index (κ3) is 1.52. The lowest BCUT2D eigenvalue weighted by atomic mass is 10.2. The first kappa shape index (κ1) is 9.59. The second kappa shape index (κ2) is 3.65. The first-order valence-corrected chi connectivity index (χ1v) is 5.84. The number of hydrogen-bond acceptors (Lipinski definition) is 1. The van der Waals surface area contributed by atoms with Crippen LogP contribution in [-0.2, 0) is 12.8 Å². The first-order valence-electron chi connectivity index (χ1n) is 4.45. The highest BCUT2D eigenvalue weighted by Crippen LogP contribution is 2.21. The predicted octanol–water partition coefficient (Wildman–Crippen LogP) is 3.18. The zero-order chi connectivity index (χ0) is 10.1. The molecule has 0 aliphatic rings. The van der Waals surface area contributed by atoms with E-state index in [0.717, 1.165) is 16.7 Å². The van der Waals surface area contributed by atoms with Crippen molar-refractivity contribution in [2.45, 2.75) is 5.75 Å². The third-order valence-electron chi connectivity index (χ3n) is 2.40. The molecule has 0 spiro atoms. The van der Waals surface area contributed by atoms with Gasteiger partial charge in [0.1, 0.15) is 5.82 Å². The van der Waals surface area contributed by atoms with Crippen LogP contribution < -0.4 is 0 Å². The minimum Gasteiger partial charge on any atom is -0.347 e. The van der Waals surface area contributed by atoms with Crippen LogP contribution in [0.25, 0.3) is 10.9 Å². The van der Waals surface area contributed by atoms with Gasteiger partial charge in [-0.05, 0) is 30.5 Å². The van der Waals surface area contributed by atoms with Crippen LogP contribution >= 0.6 is 11.8 Å². The summed E-state index contributed by atoms with van der Waals surface area (Å²) in [6.45, 7) is 0. The molecule has 1 aromatic carbocycles. The van der Waals surface area contributed by atoms with Gasteiger partial charge in [-0.25, -0.2) is 4.39 Å². The number of thioether (sulfide) groups is 1. The highest BCUT2D eigenvalue weighted by atomic mass is 32.2. The van der Waals surface area contributed by atoms with Gasteiger partial charge in [0, 0.05) is 23.9 Å². The van der Waals surface area contributed by atoms with Crippen LogP contribution in [0.1, 0.15) is 5.69 Å². The maximum Gasteiger partial charge on any atom is 0.125 e. The van der Waals surface area contributed by atoms with Crippen molar-refractivity contribution in [1.82, 2.24) is 4.57 Å². The summed E-state index contributed by atoms with van der Waals surface area (Å²) in [6.07, 6.45) is 2.07. The zero-order valence-electron chi connectivity index (χ0n) is 8.25. The van der Waals surface area contributed by atoms with Gasteiger partial charge in [-0.3, -0.25) is 0 Å². The van der Waals surface area contributed by atoms with Crippen LogP contribution in [0.4, 0.5) is 4.39 Å². The van der Waals surface area contributed by atoms with Crippen molar-refractivity contribution in [3.05, 3.63) is 35.8 Å². The van der Waals surface area contributed by atoms with E-state index in [1.54, 1.807) is 17.8 Å². The number of aromatic nitrogens is 1. The summed E-state index contributed by atoms with van der Waals surface area (Å²) in [5.74, 6) is 0.793. The molecule has 0 saturated heterocycles. The van der Waals surface area contributed by atoms with E-state index in [2.05, 4.69) is 16.9 Å². The molecule has 1 nitrogen and oxygen atoms in total. The molecule has 74 valence electrons. The van der Waals surface area contributed by atoms with Gasteiger partial charge in [0.05, 0.1) is 5.52 Å². The van der Waals surface area contributed by atoms with Crippen LogP contribution in [0.5, 0.6) is 0 Å². The van der Waals surface area contributed by atoms with Crippen molar-refractivity contribution >= 4 is 22.7 Å². The standard InChI is InChI=1S/C11H12FNS/c1-13-10(7-14-2)5-8-3-4-9(12)6-11(8)13/h3-6H,7H2,1-2H3. The molecule has 0 N–H and O–H groups in total. The number of benzene rings is 1. The summed E-state index contributed by atoms with van der Waals surface area (Å²) in [6, 6.07) is 7.03. The first-order chi connectivity index (χ1) is 6.72. The van der Waals surface area contributed by atoms with E-state index in [9.17, 15) is 4.39 Å². The van der Waals surface area contributed by atoms with Crippen LogP contribution in [0, 0.1) is 5.82 Å². The monoisotopic (exact) mass is 209 g/mol. The fourth-order valence-corrected chi connectivity index (χ4v) is 2.22. The molecule has 1 aromatic heterocycles. The van der Waals surface area contributed by atoms with Gasteiger partial charge in [0.25, 0.3) is 0 Å². The molecule has 0 amide bonds. The number of nitrogens with zero attached hydrogens (tertiary/aromatic N) is 1. The topological polar surface area (TPSA) is 4.93 Å². The fraction of sp³-hybridized carbons (Fsp3) is 0.273. The second-order valence-corrected chi connectivity index (χ2v) is 4.20. The summed E-state index contributed by atoms with van der Waals surface area (Å²) in [5, 5.41) is 1.11. The minimum absolute atomic E-state index is 0.172. The number of aryl methyl sites for hydroxylation is 1. The molecule has 0 saturated carbocycles. The molecule has 0 fully saturated rings. The lowest BCUT2D eigenvalue weighted by molar-refractivity contribution is 0.629. The van der Waals surface area contributed by atoms with Crippen LogP contribution in [0.15, 0.2) is 24.3 Å². The second-order valence-electron chi connectivity index (χ2n) is 3.33. The maximum absolute atomic E-state index is 13.0. The van der Waals surface area contributed by atoms with Gasteiger partial charge in [0.2, 0.25) is 0 Å². The Labute approximate surface area is 86.9 Å². The van der Waals surface area contributed by atoms with Crippen LogP contribution in [-0.4, -0.2) is 10.8 Å². The third-order valence-corrected chi connectivity index (χ3v) is 2.98. The number of rotatable bonds is 2. The van der Waals surface area contributed by atoms with Gasteiger partial charge >= 0.3 is 0 Å². The molecule has 0 aliphatic heterocycles. The van der Waals surface area contributed by atoms with Gasteiger partial charge in [0.15, 0.2) is 0 Å². The molecule has 0 bridgehead atoms. The Morgan fingerprint density at radius 1 is 1.36 bits per heavy atom. The predicted molar refractivity (Wildman–Crippen MR) is 60.1 cm³/mol. The smallest absolute Gasteiger partial charge is 0.125 e. The molecule has 1 heterocycles. The van der Waals surface area contributed by atoms with Gasteiger partial charge < -0.3 is 4.57 Å². The quantitative estimate of drug-likeness (QED) is 0.735. The minimum atomic E-state index is -0.172. The van der Waals surface area contributed by atoms with E-state index in [4.69, 9.17) is 0 Å². The van der Waals surface area contributed by atoms with Crippen molar-refractivity contribution in [2.75, 3.05) is 6.26 Å². The average Bonchev–Trinajstić information content (AvgIpc) is 2.46. The van der Waals surface area contributed by atoms with E-state index >= 15 is 0 Å². The molecule has 0 aliphatic carbocycles. The Balaban J connectivity index is 2.62. The highest BCUT2D eigenvalue weighted by Gasteiger charge is 2.05. The highest BCUT2D eigenvalue weighted by molar-refractivity contribution is 7.97. The van der Waals surface area contributed by atoms with E-state index < -0.39 is 0 Å². The molecule has 3 heteroatoms. The molecule has 14 heavy (non-hydrogen) atoms. The molecule has 0 radical (unpaired) electrons. The van der Waals surface area contributed by atoms with Gasteiger partial charge in [-0.1, -0.05) is 0 Å². The van der Waals surface area contributed by atoms with Gasteiger partial charge in [-0.2, -0.15) is 11.8 Å². The Morgan fingerprint density at radius 3 is 2.86 bits per heavy atom. The number of hydrogen-bond donors (Lipinski definition) is 0. The fourth-order valence-electron chi connectivity index (χ4n) is 1.65. The summed E-state index contributed by atoms with van der Waals surface area (Å²) >= 11 is 1.77. The molecular weight excluding hydrogens is 197 g/mol. The molecule has 0 unspecified atom stereocenters. The Morgan fingerprint density at radius 2 is 2.14 bits per heavy atom. The lowest BCUT2D eigenvalue weighted by Crippen LogP contribution is -1.93. The summed E-state index contributed by atoms with van der Waals surface area (Å²) < 4.78 is 15.0. The average molecular weight is 209 g/mol. The zero-order valence-corrected chi connectivity index (χ0v) is 9.07. The van der Waals surface area contributed by atoms with Crippen LogP contribution in [0.2, 0.25) is 0 Å². The normalized spacial score (nSPS) is 11.1. The Hall–Kier alpha value is -0.960. The molecule has 0 atom stereocenters. The van der Waals surface area contributed by atoms with Crippen molar-refractivity contribution < 1.29 is 4.39 Å². The molecular formula is C11H12FNS. The van der Waals surface area contributed by atoms with Gasteiger partial charge in [-0.15, -0.1) is 0 Å². The Bertz CT molecular complexity index is 462. The largest absolute Gasteiger partial charge is 0.347 e. The van der Waals surface area contributed by atoms with E-state index in [-0.39, 0.29) is 5.82 Å².